The molecule has 4 heteroatoms. The van der Waals surface area contributed by atoms with Crippen molar-refractivity contribution < 1.29 is 13.3 Å². The van der Waals surface area contributed by atoms with Crippen LogP contribution in [0.5, 0.6) is 0 Å². The van der Waals surface area contributed by atoms with Crippen LogP contribution in [0.3, 0.4) is 0 Å². The summed E-state index contributed by atoms with van der Waals surface area (Å²) in [6.45, 7) is 9.22. The number of hydrogen-bond acceptors (Lipinski definition) is 3. The highest BCUT2D eigenvalue weighted by Crippen LogP contribution is 1.92. The van der Waals surface area contributed by atoms with Gasteiger partial charge in [0.05, 0.1) is 12.5 Å². The molecule has 58 valence electrons. The van der Waals surface area contributed by atoms with E-state index in [0.717, 1.165) is 0 Å². The Bertz CT molecular complexity index is 95.2. The molecule has 0 aromatic heterocycles. The molecule has 0 bridgehead atoms. The Morgan fingerprint density at radius 3 is 2.10 bits per heavy atom. The van der Waals surface area contributed by atoms with Crippen molar-refractivity contribution in [3.05, 3.63) is 25.7 Å². The minimum absolute atomic E-state index is 0.582. The van der Waals surface area contributed by atoms with Gasteiger partial charge in [-0.3, -0.25) is 0 Å². The summed E-state index contributed by atoms with van der Waals surface area (Å²) in [5.41, 5.74) is 0. The van der Waals surface area contributed by atoms with Crippen LogP contribution in [0.1, 0.15) is 6.92 Å². The van der Waals surface area contributed by atoms with Crippen LogP contribution in [0, 0.1) is 0 Å². The SMILES string of the molecule is C=CO[SiH](OC=C)OCC. The summed E-state index contributed by atoms with van der Waals surface area (Å²) in [5, 5.41) is 0. The van der Waals surface area contributed by atoms with Crippen molar-refractivity contribution in [2.45, 2.75) is 6.92 Å². The molecule has 0 spiro atoms. The zero-order valence-corrected chi connectivity index (χ0v) is 7.23. The van der Waals surface area contributed by atoms with E-state index >= 15 is 0 Å². The van der Waals surface area contributed by atoms with Gasteiger partial charge in [-0.25, -0.2) is 0 Å². The molecule has 0 aromatic rings. The van der Waals surface area contributed by atoms with E-state index in [2.05, 4.69) is 13.2 Å². The highest BCUT2D eigenvalue weighted by Gasteiger charge is 2.12. The van der Waals surface area contributed by atoms with E-state index in [0.29, 0.717) is 6.61 Å². The maximum Gasteiger partial charge on any atom is 0.615 e. The van der Waals surface area contributed by atoms with Crippen LogP contribution in [0.25, 0.3) is 0 Å². The lowest BCUT2D eigenvalue weighted by Crippen LogP contribution is -2.22. The smallest absolute Gasteiger partial charge is 0.502 e. The van der Waals surface area contributed by atoms with Crippen molar-refractivity contribution in [3.8, 4) is 0 Å². The lowest BCUT2D eigenvalue weighted by atomic mass is 10.9. The molecular formula is C6H12O3Si. The van der Waals surface area contributed by atoms with Crippen molar-refractivity contribution in [2.24, 2.45) is 0 Å². The maximum absolute atomic E-state index is 5.07. The Morgan fingerprint density at radius 2 is 1.80 bits per heavy atom. The summed E-state index contributed by atoms with van der Waals surface area (Å²) in [5.74, 6) is 0. The molecule has 0 fully saturated rings. The molecule has 10 heavy (non-hydrogen) atoms. The molecule has 0 radical (unpaired) electrons. The van der Waals surface area contributed by atoms with E-state index in [4.69, 9.17) is 13.3 Å². The predicted octanol–water partition coefficient (Wildman–Crippen LogP) is 1.06. The van der Waals surface area contributed by atoms with Gasteiger partial charge in [0.1, 0.15) is 0 Å². The third-order valence-electron chi connectivity index (χ3n) is 0.717. The Morgan fingerprint density at radius 1 is 1.30 bits per heavy atom. The molecule has 0 aliphatic rings. The van der Waals surface area contributed by atoms with E-state index in [9.17, 15) is 0 Å². The molecule has 0 rings (SSSR count). The zero-order valence-electron chi connectivity index (χ0n) is 6.08. The standard InChI is InChI=1S/C6H12O3Si/c1-4-7-10(8-5-2)9-6-3/h4-5,10H,1-2,6H2,3H3. The quantitative estimate of drug-likeness (QED) is 0.429. The Balaban J connectivity index is 3.48. The third kappa shape index (κ3) is 4.17. The zero-order chi connectivity index (χ0) is 7.82. The molecule has 0 aromatic carbocycles. The first-order valence-electron chi connectivity index (χ1n) is 2.99. The van der Waals surface area contributed by atoms with Gasteiger partial charge in [0.2, 0.25) is 0 Å². The normalized spacial score (nSPS) is 9.00. The fraction of sp³-hybridized carbons (Fsp3) is 0.333. The van der Waals surface area contributed by atoms with Gasteiger partial charge in [0.25, 0.3) is 0 Å². The van der Waals surface area contributed by atoms with Crippen molar-refractivity contribution in [3.63, 3.8) is 0 Å². The van der Waals surface area contributed by atoms with Crippen LogP contribution in [0.15, 0.2) is 25.7 Å². The lowest BCUT2D eigenvalue weighted by Gasteiger charge is -2.10. The van der Waals surface area contributed by atoms with E-state index in [1.54, 1.807) is 0 Å². The summed E-state index contributed by atoms with van der Waals surface area (Å²) < 4.78 is 14.9. The van der Waals surface area contributed by atoms with Gasteiger partial charge in [-0.15, -0.1) is 0 Å². The average Bonchev–Trinajstić information content (AvgIpc) is 1.90. The van der Waals surface area contributed by atoms with Gasteiger partial charge in [-0.1, -0.05) is 13.2 Å². The lowest BCUT2D eigenvalue weighted by molar-refractivity contribution is 0.174. The first-order valence-corrected chi connectivity index (χ1v) is 4.41. The van der Waals surface area contributed by atoms with E-state index < -0.39 is 9.53 Å². The number of rotatable bonds is 6. The summed E-state index contributed by atoms with van der Waals surface area (Å²) in [7, 11) is -1.97. The Labute approximate surface area is 62.9 Å². The van der Waals surface area contributed by atoms with Crippen LogP contribution >= 0.6 is 0 Å². The first-order chi connectivity index (χ1) is 4.85. The maximum atomic E-state index is 5.07. The minimum Gasteiger partial charge on any atom is -0.502 e. The van der Waals surface area contributed by atoms with Gasteiger partial charge in [-0.05, 0) is 6.92 Å². The molecule has 0 atom stereocenters. The van der Waals surface area contributed by atoms with Gasteiger partial charge in [-0.2, -0.15) is 0 Å². The van der Waals surface area contributed by atoms with Gasteiger partial charge < -0.3 is 13.3 Å². The monoisotopic (exact) mass is 160 g/mol. The molecule has 0 N–H and O–H groups in total. The fourth-order valence-corrected chi connectivity index (χ4v) is 1.21. The highest BCUT2D eigenvalue weighted by atomic mass is 28.3. The first kappa shape index (κ1) is 9.26. The Kier molecular flexibility index (Phi) is 5.90. The van der Waals surface area contributed by atoms with E-state index in [-0.39, 0.29) is 0 Å². The summed E-state index contributed by atoms with van der Waals surface area (Å²) in [6.07, 6.45) is 2.63. The molecule has 0 amide bonds. The van der Waals surface area contributed by atoms with Crippen LogP contribution in [0.2, 0.25) is 0 Å². The highest BCUT2D eigenvalue weighted by molar-refractivity contribution is 6.36. The van der Waals surface area contributed by atoms with Gasteiger partial charge in [0, 0.05) is 6.61 Å². The molecule has 0 aliphatic carbocycles. The topological polar surface area (TPSA) is 27.7 Å². The van der Waals surface area contributed by atoms with E-state index in [1.807, 2.05) is 6.92 Å². The summed E-state index contributed by atoms with van der Waals surface area (Å²) >= 11 is 0. The Hall–Kier alpha value is -0.743. The molecule has 3 nitrogen and oxygen atoms in total. The second-order valence-electron chi connectivity index (χ2n) is 1.35. The minimum atomic E-state index is -1.97. The van der Waals surface area contributed by atoms with Crippen molar-refractivity contribution >= 4 is 9.53 Å². The van der Waals surface area contributed by atoms with Crippen LogP contribution < -0.4 is 0 Å². The number of hydrogen-bond donors (Lipinski definition) is 0. The van der Waals surface area contributed by atoms with Crippen LogP contribution in [-0.2, 0) is 13.3 Å². The van der Waals surface area contributed by atoms with Gasteiger partial charge in [0.15, 0.2) is 0 Å². The second kappa shape index (κ2) is 6.38. The third-order valence-corrected chi connectivity index (χ3v) is 2.15. The van der Waals surface area contributed by atoms with Crippen LogP contribution in [0.4, 0.5) is 0 Å². The molecule has 0 aliphatic heterocycles. The van der Waals surface area contributed by atoms with Crippen molar-refractivity contribution in [2.75, 3.05) is 6.61 Å². The van der Waals surface area contributed by atoms with Crippen LogP contribution in [-0.4, -0.2) is 16.1 Å². The average molecular weight is 160 g/mol. The molecule has 0 saturated carbocycles. The summed E-state index contributed by atoms with van der Waals surface area (Å²) in [4.78, 5) is 0. The second-order valence-corrected chi connectivity index (χ2v) is 2.80. The summed E-state index contributed by atoms with van der Waals surface area (Å²) in [6, 6.07) is 0. The molecular weight excluding hydrogens is 148 g/mol. The largest absolute Gasteiger partial charge is 0.615 e. The van der Waals surface area contributed by atoms with Crippen molar-refractivity contribution in [1.29, 1.82) is 0 Å². The predicted molar refractivity (Wildman–Crippen MR) is 41.3 cm³/mol. The fourth-order valence-electron chi connectivity index (χ4n) is 0.404. The molecule has 0 heterocycles. The molecule has 0 saturated heterocycles. The molecule has 0 unspecified atom stereocenters. The van der Waals surface area contributed by atoms with E-state index in [1.165, 1.54) is 12.5 Å². The van der Waals surface area contributed by atoms with Gasteiger partial charge >= 0.3 is 9.53 Å². The van der Waals surface area contributed by atoms with Crippen molar-refractivity contribution in [1.82, 2.24) is 0 Å².